The summed E-state index contributed by atoms with van der Waals surface area (Å²) < 4.78 is 8.23. The average Bonchev–Trinajstić information content (AvgIpc) is 3.82. The second-order valence-corrected chi connectivity index (χ2v) is 14.7. The molecule has 8 nitrogen and oxygen atoms in total. The number of pyridine rings is 4. The minimum absolute atomic E-state index is 0.525. The first-order valence-electron chi connectivity index (χ1n) is 18.5. The van der Waals surface area contributed by atoms with Gasteiger partial charge in [0.1, 0.15) is 11.3 Å². The van der Waals surface area contributed by atoms with E-state index in [2.05, 4.69) is 149 Å². The topological polar surface area (TPSA) is 69.2 Å². The lowest BCUT2D eigenvalue weighted by Gasteiger charge is -2.05. The highest BCUT2D eigenvalue weighted by molar-refractivity contribution is 5.58. The van der Waals surface area contributed by atoms with Gasteiger partial charge in [-0.2, -0.15) is 10.2 Å². The molecule has 0 aliphatic carbocycles. The fourth-order valence-electron chi connectivity index (χ4n) is 7.36. The van der Waals surface area contributed by atoms with Crippen molar-refractivity contribution in [2.45, 2.75) is 107 Å². The third-order valence-electron chi connectivity index (χ3n) is 9.28. The van der Waals surface area contributed by atoms with E-state index in [1.807, 2.05) is 70.0 Å². The van der Waals surface area contributed by atoms with Crippen LogP contribution in [0.1, 0.15) is 124 Å². The molecule has 8 heterocycles. The first-order chi connectivity index (χ1) is 24.8. The predicted molar refractivity (Wildman–Crippen MR) is 216 cm³/mol. The van der Waals surface area contributed by atoms with Crippen LogP contribution in [0.2, 0.25) is 0 Å². The summed E-state index contributed by atoms with van der Waals surface area (Å²) in [7, 11) is 0. The maximum atomic E-state index is 4.50. The molecule has 8 rings (SSSR count). The highest BCUT2D eigenvalue weighted by atomic mass is 15.2. The highest BCUT2D eigenvalue weighted by Gasteiger charge is 2.13. The van der Waals surface area contributed by atoms with Crippen LogP contribution in [-0.4, -0.2) is 38.0 Å². The molecule has 0 saturated carbocycles. The molecule has 0 N–H and O–H groups in total. The molecule has 0 spiro atoms. The first kappa shape index (κ1) is 38.0. The monoisotopic (exact) mass is 696 g/mol. The Morgan fingerprint density at radius 3 is 1.10 bits per heavy atom. The van der Waals surface area contributed by atoms with Crippen molar-refractivity contribution in [3.63, 3.8) is 0 Å². The van der Waals surface area contributed by atoms with Crippen molar-refractivity contribution in [2.75, 3.05) is 0 Å². The van der Waals surface area contributed by atoms with Gasteiger partial charge in [-0.25, -0.2) is 19.0 Å². The molecule has 0 unspecified atom stereocenters. The lowest BCUT2D eigenvalue weighted by atomic mass is 10.0. The number of aromatic nitrogens is 8. The van der Waals surface area contributed by atoms with Crippen molar-refractivity contribution in [2.24, 2.45) is 0 Å². The number of fused-ring (bicyclic) bond motifs is 4. The Hall–Kier alpha value is -5.24. The van der Waals surface area contributed by atoms with E-state index in [1.54, 1.807) is 0 Å². The number of imidazole rings is 2. The molecule has 0 aromatic carbocycles. The molecule has 8 heteroatoms. The molecule has 0 amide bonds. The van der Waals surface area contributed by atoms with Crippen molar-refractivity contribution < 1.29 is 0 Å². The van der Waals surface area contributed by atoms with E-state index in [-0.39, 0.29) is 0 Å². The molecule has 0 fully saturated rings. The average molecular weight is 697 g/mol. The second kappa shape index (κ2) is 16.4. The maximum absolute atomic E-state index is 4.50. The number of nitrogens with zero attached hydrogens (tertiary/aromatic N) is 8. The van der Waals surface area contributed by atoms with Crippen molar-refractivity contribution in [1.29, 1.82) is 0 Å². The molecule has 0 bridgehead atoms. The van der Waals surface area contributed by atoms with Gasteiger partial charge in [0.15, 0.2) is 0 Å². The lowest BCUT2D eigenvalue weighted by Crippen LogP contribution is -1.95. The predicted octanol–water partition coefficient (Wildman–Crippen LogP) is 11.1. The molecule has 0 saturated heterocycles. The fraction of sp³-hybridized carbons (Fsp3) is 0.364. The molecular weight excluding hydrogens is 641 g/mol. The zero-order valence-corrected chi connectivity index (χ0v) is 33.1. The maximum Gasteiger partial charge on any atom is 0.137 e. The van der Waals surface area contributed by atoms with Gasteiger partial charge in [-0.3, -0.25) is 0 Å². The van der Waals surface area contributed by atoms with Gasteiger partial charge in [0.25, 0.3) is 0 Å². The van der Waals surface area contributed by atoms with E-state index in [1.165, 1.54) is 33.5 Å². The van der Waals surface area contributed by atoms with Crippen LogP contribution >= 0.6 is 0 Å². The Kier molecular flexibility index (Phi) is 12.0. The van der Waals surface area contributed by atoms with E-state index in [0.29, 0.717) is 23.7 Å². The van der Waals surface area contributed by atoms with Gasteiger partial charge in [0, 0.05) is 47.3 Å². The zero-order chi connectivity index (χ0) is 37.7. The Balaban J connectivity index is 0.000000134. The zero-order valence-electron chi connectivity index (χ0n) is 33.1. The summed E-state index contributed by atoms with van der Waals surface area (Å²) in [5.74, 6) is 2.13. The van der Waals surface area contributed by atoms with E-state index >= 15 is 0 Å². The van der Waals surface area contributed by atoms with Gasteiger partial charge in [-0.15, -0.1) is 0 Å². The number of hydrogen-bond donors (Lipinski definition) is 0. The lowest BCUT2D eigenvalue weighted by molar-refractivity contribution is 0.798. The Morgan fingerprint density at radius 2 is 0.750 bits per heavy atom. The van der Waals surface area contributed by atoms with Crippen LogP contribution in [0, 0.1) is 27.7 Å². The smallest absolute Gasteiger partial charge is 0.137 e. The van der Waals surface area contributed by atoms with Gasteiger partial charge in [-0.05, 0) is 99.9 Å². The van der Waals surface area contributed by atoms with E-state index in [4.69, 9.17) is 0 Å². The van der Waals surface area contributed by atoms with Gasteiger partial charge in [0.2, 0.25) is 0 Å². The third-order valence-corrected chi connectivity index (χ3v) is 9.28. The summed E-state index contributed by atoms with van der Waals surface area (Å²) in [6.45, 7) is 25.9. The van der Waals surface area contributed by atoms with Crippen molar-refractivity contribution in [3.8, 4) is 0 Å². The SMILES string of the molecule is Cc1nc2ccccn2c1C(C)C.Cc1nc2ccccn2c1C(C)C.Cc1nn2ccccc2c1C(C)C.Cc1nn2ccccc2c1C(C)C. The third kappa shape index (κ3) is 8.12. The van der Waals surface area contributed by atoms with Crippen LogP contribution in [0.4, 0.5) is 0 Å². The molecule has 52 heavy (non-hydrogen) atoms. The van der Waals surface area contributed by atoms with E-state index in [0.717, 1.165) is 34.1 Å². The largest absolute Gasteiger partial charge is 0.304 e. The summed E-state index contributed by atoms with van der Waals surface area (Å²) in [5.41, 5.74) is 14.5. The summed E-state index contributed by atoms with van der Waals surface area (Å²) >= 11 is 0. The number of aryl methyl sites for hydroxylation is 4. The highest BCUT2D eigenvalue weighted by Crippen LogP contribution is 2.25. The first-order valence-corrected chi connectivity index (χ1v) is 18.5. The van der Waals surface area contributed by atoms with Crippen molar-refractivity contribution in [1.82, 2.24) is 38.0 Å². The molecule has 272 valence electrons. The molecule has 0 aliphatic heterocycles. The van der Waals surface area contributed by atoms with Crippen LogP contribution in [0.3, 0.4) is 0 Å². The molecule has 0 aliphatic rings. The molecule has 0 radical (unpaired) electrons. The van der Waals surface area contributed by atoms with Crippen molar-refractivity contribution in [3.05, 3.63) is 143 Å². The van der Waals surface area contributed by atoms with Crippen LogP contribution in [-0.2, 0) is 0 Å². The van der Waals surface area contributed by atoms with E-state index in [9.17, 15) is 0 Å². The van der Waals surface area contributed by atoms with Crippen molar-refractivity contribution >= 4 is 22.3 Å². The minimum Gasteiger partial charge on any atom is -0.304 e. The fourth-order valence-corrected chi connectivity index (χ4v) is 7.36. The van der Waals surface area contributed by atoms with Crippen LogP contribution in [0.15, 0.2) is 97.6 Å². The Labute approximate surface area is 309 Å². The molecule has 0 atom stereocenters. The number of rotatable bonds is 4. The second-order valence-electron chi connectivity index (χ2n) is 14.7. The van der Waals surface area contributed by atoms with Crippen LogP contribution in [0.5, 0.6) is 0 Å². The molecule has 8 aromatic rings. The standard InChI is InChI=1S/4C11H14N2/c2*1-8(2)11-9(3)12-10-6-4-5-7-13(10)11;2*1-8(2)11-9(3)12-13-7-5-4-6-10(11)13/h4*4-8H,1-3H3. The number of hydrogen-bond acceptors (Lipinski definition) is 4. The van der Waals surface area contributed by atoms with Gasteiger partial charge in [-0.1, -0.05) is 79.7 Å². The van der Waals surface area contributed by atoms with Crippen LogP contribution < -0.4 is 0 Å². The van der Waals surface area contributed by atoms with Gasteiger partial charge in [0.05, 0.1) is 33.8 Å². The summed E-state index contributed by atoms with van der Waals surface area (Å²) in [6, 6.07) is 24.6. The van der Waals surface area contributed by atoms with Gasteiger partial charge >= 0.3 is 0 Å². The molecular formula is C44H56N8. The molecule has 8 aromatic heterocycles. The van der Waals surface area contributed by atoms with Gasteiger partial charge < -0.3 is 8.80 Å². The normalized spacial score (nSPS) is 11.4. The summed E-state index contributed by atoms with van der Waals surface area (Å²) in [5, 5.41) is 8.90. The summed E-state index contributed by atoms with van der Waals surface area (Å²) in [6.07, 6.45) is 8.14. The summed E-state index contributed by atoms with van der Waals surface area (Å²) in [4.78, 5) is 8.99. The minimum atomic E-state index is 0.525. The Morgan fingerprint density at radius 1 is 0.404 bits per heavy atom. The quantitative estimate of drug-likeness (QED) is 0.184. The Bertz CT molecular complexity index is 2040. The van der Waals surface area contributed by atoms with E-state index < -0.39 is 0 Å². The van der Waals surface area contributed by atoms with Crippen LogP contribution in [0.25, 0.3) is 22.3 Å².